The van der Waals surface area contributed by atoms with E-state index in [0.29, 0.717) is 12.2 Å². The van der Waals surface area contributed by atoms with Gasteiger partial charge in [0.2, 0.25) is 10.0 Å². The lowest BCUT2D eigenvalue weighted by atomic mass is 10.1. The Hall–Kier alpha value is -0.760. The highest BCUT2D eigenvalue weighted by molar-refractivity contribution is 7.98. The topological polar surface area (TPSA) is 75.6 Å². The van der Waals surface area contributed by atoms with Gasteiger partial charge in [-0.1, -0.05) is 0 Å². The molecule has 0 aliphatic carbocycles. The van der Waals surface area contributed by atoms with Crippen molar-refractivity contribution in [3.05, 3.63) is 23.3 Å². The Bertz CT molecular complexity index is 612. The second-order valence-corrected chi connectivity index (χ2v) is 8.37. The summed E-state index contributed by atoms with van der Waals surface area (Å²) in [6.45, 7) is 5.34. The lowest BCUT2D eigenvalue weighted by Gasteiger charge is -2.23. The first-order chi connectivity index (χ1) is 10.1. The van der Waals surface area contributed by atoms with Crippen molar-refractivity contribution in [1.29, 1.82) is 0 Å². The first-order valence-corrected chi connectivity index (χ1v) is 9.87. The Morgan fingerprint density at radius 1 is 1.32 bits per heavy atom. The molecule has 5 nitrogen and oxygen atoms in total. The molecule has 0 radical (unpaired) electrons. The fourth-order valence-electron chi connectivity index (χ4n) is 1.87. The summed E-state index contributed by atoms with van der Waals surface area (Å²) in [7, 11) is -2.30. The van der Waals surface area contributed by atoms with Gasteiger partial charge in [-0.25, -0.2) is 13.1 Å². The number of aryl methyl sites for hydroxylation is 2. The smallest absolute Gasteiger partial charge is 0.244 e. The van der Waals surface area contributed by atoms with Crippen molar-refractivity contribution in [3.63, 3.8) is 0 Å². The number of aliphatic hydroxyl groups is 1. The molecular formula is C15H25NO4S2. The van der Waals surface area contributed by atoms with E-state index in [9.17, 15) is 13.5 Å². The van der Waals surface area contributed by atoms with Gasteiger partial charge in [0.1, 0.15) is 10.6 Å². The molecule has 22 heavy (non-hydrogen) atoms. The maximum Gasteiger partial charge on any atom is 0.244 e. The molecule has 2 N–H and O–H groups in total. The van der Waals surface area contributed by atoms with Crippen molar-refractivity contribution in [1.82, 2.24) is 4.72 Å². The summed E-state index contributed by atoms with van der Waals surface area (Å²) in [6, 6.07) is 3.29. The van der Waals surface area contributed by atoms with Gasteiger partial charge < -0.3 is 9.84 Å². The normalized spacial score (nSPS) is 14.6. The standard InChI is InChI=1S/C15H25NO4S2/c1-11-8-13(20-4)14(9-12(11)2)22(18,19)16-10-15(3,17)6-7-21-5/h8-9,16-17H,6-7,10H2,1-5H3/t15-/m1/s1. The monoisotopic (exact) mass is 347 g/mol. The molecule has 1 rings (SSSR count). The molecule has 1 aromatic rings. The van der Waals surface area contributed by atoms with E-state index < -0.39 is 15.6 Å². The molecule has 0 fully saturated rings. The number of sulfonamides is 1. The van der Waals surface area contributed by atoms with E-state index in [-0.39, 0.29) is 11.4 Å². The molecule has 1 atom stereocenters. The summed E-state index contributed by atoms with van der Waals surface area (Å²) >= 11 is 1.61. The van der Waals surface area contributed by atoms with E-state index in [1.807, 2.05) is 20.1 Å². The van der Waals surface area contributed by atoms with Crippen LogP contribution in [0.15, 0.2) is 17.0 Å². The maximum absolute atomic E-state index is 12.5. The highest BCUT2D eigenvalue weighted by Crippen LogP contribution is 2.27. The van der Waals surface area contributed by atoms with Gasteiger partial charge in [-0.3, -0.25) is 0 Å². The van der Waals surface area contributed by atoms with Crippen LogP contribution in [0.4, 0.5) is 0 Å². The van der Waals surface area contributed by atoms with E-state index in [1.165, 1.54) is 7.11 Å². The van der Waals surface area contributed by atoms with Gasteiger partial charge in [0.15, 0.2) is 0 Å². The largest absolute Gasteiger partial charge is 0.495 e. The summed E-state index contributed by atoms with van der Waals surface area (Å²) in [5.74, 6) is 1.07. The number of methoxy groups -OCH3 is 1. The Kier molecular flexibility index (Phi) is 6.73. The Labute approximate surface area is 137 Å². The van der Waals surface area contributed by atoms with Crippen LogP contribution in [-0.2, 0) is 10.0 Å². The molecule has 0 aromatic heterocycles. The van der Waals surface area contributed by atoms with Crippen LogP contribution in [0, 0.1) is 13.8 Å². The van der Waals surface area contributed by atoms with E-state index in [4.69, 9.17) is 4.74 Å². The number of benzene rings is 1. The van der Waals surface area contributed by atoms with Crippen molar-refractivity contribution < 1.29 is 18.3 Å². The van der Waals surface area contributed by atoms with Crippen LogP contribution < -0.4 is 9.46 Å². The van der Waals surface area contributed by atoms with Gasteiger partial charge in [0, 0.05) is 6.54 Å². The van der Waals surface area contributed by atoms with Gasteiger partial charge in [-0.05, 0) is 62.5 Å². The van der Waals surface area contributed by atoms with Crippen molar-refractivity contribution >= 4 is 21.8 Å². The van der Waals surface area contributed by atoms with E-state index in [2.05, 4.69) is 4.72 Å². The SMILES string of the molecule is COc1cc(C)c(C)cc1S(=O)(=O)NC[C@](C)(O)CCSC. The maximum atomic E-state index is 12.5. The van der Waals surface area contributed by atoms with E-state index in [1.54, 1.807) is 30.8 Å². The van der Waals surface area contributed by atoms with Gasteiger partial charge in [0.05, 0.1) is 12.7 Å². The van der Waals surface area contributed by atoms with Gasteiger partial charge in [-0.2, -0.15) is 11.8 Å². The van der Waals surface area contributed by atoms with Gasteiger partial charge >= 0.3 is 0 Å². The van der Waals surface area contributed by atoms with E-state index >= 15 is 0 Å². The molecule has 0 saturated heterocycles. The molecule has 0 unspecified atom stereocenters. The molecule has 7 heteroatoms. The Balaban J connectivity index is 2.98. The Morgan fingerprint density at radius 3 is 2.45 bits per heavy atom. The lowest BCUT2D eigenvalue weighted by Crippen LogP contribution is -2.41. The highest BCUT2D eigenvalue weighted by Gasteiger charge is 2.26. The summed E-state index contributed by atoms with van der Waals surface area (Å²) in [5, 5.41) is 10.2. The number of ether oxygens (including phenoxy) is 1. The summed E-state index contributed by atoms with van der Waals surface area (Å²) in [6.07, 6.45) is 2.46. The molecule has 1 aromatic carbocycles. The van der Waals surface area contributed by atoms with Crippen molar-refractivity contribution in [2.24, 2.45) is 0 Å². The van der Waals surface area contributed by atoms with Crippen LogP contribution >= 0.6 is 11.8 Å². The minimum Gasteiger partial charge on any atom is -0.495 e. The Morgan fingerprint density at radius 2 is 1.91 bits per heavy atom. The molecule has 0 amide bonds. The predicted octanol–water partition coefficient (Wildman–Crippen LogP) is 2.09. The molecule has 0 spiro atoms. The van der Waals surface area contributed by atoms with Crippen LogP contribution in [0.3, 0.4) is 0 Å². The molecule has 0 heterocycles. The van der Waals surface area contributed by atoms with Gasteiger partial charge in [0.25, 0.3) is 0 Å². The zero-order valence-electron chi connectivity index (χ0n) is 13.8. The third-order valence-electron chi connectivity index (χ3n) is 3.56. The third kappa shape index (κ3) is 5.15. The quantitative estimate of drug-likeness (QED) is 0.753. The van der Waals surface area contributed by atoms with Crippen LogP contribution in [0.2, 0.25) is 0 Å². The number of rotatable bonds is 8. The zero-order valence-corrected chi connectivity index (χ0v) is 15.4. The van der Waals surface area contributed by atoms with Crippen molar-refractivity contribution in [3.8, 4) is 5.75 Å². The first kappa shape index (κ1) is 19.3. The van der Waals surface area contributed by atoms with Crippen molar-refractivity contribution in [2.45, 2.75) is 37.7 Å². The average molecular weight is 348 g/mol. The molecule has 0 bridgehead atoms. The fourth-order valence-corrected chi connectivity index (χ4v) is 3.91. The van der Waals surface area contributed by atoms with E-state index in [0.717, 1.165) is 16.9 Å². The van der Waals surface area contributed by atoms with Crippen molar-refractivity contribution in [2.75, 3.05) is 25.7 Å². The van der Waals surface area contributed by atoms with Gasteiger partial charge in [-0.15, -0.1) is 0 Å². The minimum atomic E-state index is -3.74. The predicted molar refractivity (Wildman–Crippen MR) is 91.3 cm³/mol. The number of hydrogen-bond donors (Lipinski definition) is 2. The number of thioether (sulfide) groups is 1. The third-order valence-corrected chi connectivity index (χ3v) is 5.59. The molecular weight excluding hydrogens is 322 g/mol. The summed E-state index contributed by atoms with van der Waals surface area (Å²) in [5.41, 5.74) is 0.751. The van der Waals surface area contributed by atoms with Crippen LogP contribution in [0.25, 0.3) is 0 Å². The average Bonchev–Trinajstić information content (AvgIpc) is 2.45. The molecule has 0 aliphatic rings. The highest BCUT2D eigenvalue weighted by atomic mass is 32.2. The fraction of sp³-hybridized carbons (Fsp3) is 0.600. The minimum absolute atomic E-state index is 0.0357. The second kappa shape index (κ2) is 7.68. The molecule has 0 saturated carbocycles. The molecule has 0 aliphatic heterocycles. The van der Waals surface area contributed by atoms with Crippen LogP contribution in [-0.4, -0.2) is 44.8 Å². The summed E-state index contributed by atoms with van der Waals surface area (Å²) in [4.78, 5) is 0.0961. The summed E-state index contributed by atoms with van der Waals surface area (Å²) < 4.78 is 32.6. The second-order valence-electron chi connectivity index (χ2n) is 5.65. The number of hydrogen-bond acceptors (Lipinski definition) is 5. The molecule has 126 valence electrons. The van der Waals surface area contributed by atoms with Crippen LogP contribution in [0.5, 0.6) is 5.75 Å². The first-order valence-electron chi connectivity index (χ1n) is 6.99. The number of nitrogens with one attached hydrogen (secondary N) is 1. The zero-order chi connectivity index (χ0) is 17.0. The van der Waals surface area contributed by atoms with Crippen LogP contribution in [0.1, 0.15) is 24.5 Å². The lowest BCUT2D eigenvalue weighted by molar-refractivity contribution is 0.0626.